The summed E-state index contributed by atoms with van der Waals surface area (Å²) in [5.41, 5.74) is 0. The fraction of sp³-hybridized carbons (Fsp3) is 0.714. The molecule has 0 atom stereocenters. The predicted molar refractivity (Wildman–Crippen MR) is 42.5 cm³/mol. The molecule has 54 valence electrons. The van der Waals surface area contributed by atoms with Crippen molar-refractivity contribution >= 4 is 11.6 Å². The first-order valence-corrected chi connectivity index (χ1v) is 3.70. The Morgan fingerprint density at radius 1 is 1.44 bits per heavy atom. The Morgan fingerprint density at radius 3 is 2.00 bits per heavy atom. The van der Waals surface area contributed by atoms with Crippen LogP contribution >= 0.6 is 11.6 Å². The lowest BCUT2D eigenvalue weighted by Gasteiger charge is -2.18. The first kappa shape index (κ1) is 8.83. The summed E-state index contributed by atoms with van der Waals surface area (Å²) in [6, 6.07) is 0. The van der Waals surface area contributed by atoms with Crippen LogP contribution in [0.4, 0.5) is 0 Å². The number of nitrogens with zero attached hydrogens (tertiary/aromatic N) is 1. The van der Waals surface area contributed by atoms with E-state index in [1.807, 2.05) is 13.0 Å². The molecule has 0 amide bonds. The molecule has 0 fully saturated rings. The molecule has 0 heterocycles. The van der Waals surface area contributed by atoms with Crippen molar-refractivity contribution in [2.75, 3.05) is 13.1 Å². The van der Waals surface area contributed by atoms with Crippen LogP contribution in [0.2, 0.25) is 0 Å². The molecule has 0 aliphatic carbocycles. The Labute approximate surface area is 62.3 Å². The van der Waals surface area contributed by atoms with Gasteiger partial charge in [0, 0.05) is 13.1 Å². The van der Waals surface area contributed by atoms with Crippen molar-refractivity contribution in [1.82, 2.24) is 4.90 Å². The van der Waals surface area contributed by atoms with E-state index in [1.54, 1.807) is 0 Å². The van der Waals surface area contributed by atoms with Gasteiger partial charge in [0.15, 0.2) is 0 Å². The Bertz CT molecular complexity index is 95.1. The normalized spacial score (nSPS) is 11.8. The van der Waals surface area contributed by atoms with Gasteiger partial charge in [0.05, 0.1) is 5.16 Å². The van der Waals surface area contributed by atoms with E-state index in [-0.39, 0.29) is 0 Å². The second-order valence-electron chi connectivity index (χ2n) is 1.78. The van der Waals surface area contributed by atoms with Crippen LogP contribution < -0.4 is 0 Å². The van der Waals surface area contributed by atoms with E-state index in [4.69, 9.17) is 11.6 Å². The first-order chi connectivity index (χ1) is 4.26. The zero-order valence-electron chi connectivity index (χ0n) is 6.32. The van der Waals surface area contributed by atoms with E-state index in [9.17, 15) is 0 Å². The van der Waals surface area contributed by atoms with Crippen LogP contribution in [0.3, 0.4) is 0 Å². The molecular weight excluding hydrogens is 134 g/mol. The van der Waals surface area contributed by atoms with E-state index in [0.29, 0.717) is 0 Å². The van der Waals surface area contributed by atoms with Crippen molar-refractivity contribution < 1.29 is 0 Å². The number of hydrogen-bond donors (Lipinski definition) is 0. The van der Waals surface area contributed by atoms with Gasteiger partial charge in [-0.25, -0.2) is 0 Å². The van der Waals surface area contributed by atoms with E-state index < -0.39 is 0 Å². The number of rotatable bonds is 3. The minimum atomic E-state index is 0.847. The lowest BCUT2D eigenvalue weighted by molar-refractivity contribution is 0.406. The van der Waals surface area contributed by atoms with Crippen LogP contribution in [-0.4, -0.2) is 18.0 Å². The Balaban J connectivity index is 3.79. The average molecular weight is 148 g/mol. The van der Waals surface area contributed by atoms with Crippen LogP contribution in [0.5, 0.6) is 0 Å². The topological polar surface area (TPSA) is 3.24 Å². The number of allylic oxidation sites excluding steroid dienone is 1. The molecule has 0 N–H and O–H groups in total. The summed E-state index contributed by atoms with van der Waals surface area (Å²) in [5, 5.41) is 0.847. The molecule has 0 unspecified atom stereocenters. The quantitative estimate of drug-likeness (QED) is 0.555. The van der Waals surface area contributed by atoms with Crippen molar-refractivity contribution in [2.45, 2.75) is 20.8 Å². The van der Waals surface area contributed by atoms with Crippen LogP contribution in [0.15, 0.2) is 11.2 Å². The Kier molecular flexibility index (Phi) is 4.60. The van der Waals surface area contributed by atoms with Crippen LogP contribution in [0, 0.1) is 0 Å². The first-order valence-electron chi connectivity index (χ1n) is 3.33. The van der Waals surface area contributed by atoms with Gasteiger partial charge in [-0.15, -0.1) is 0 Å². The van der Waals surface area contributed by atoms with Gasteiger partial charge < -0.3 is 4.90 Å². The summed E-state index contributed by atoms with van der Waals surface area (Å²) in [7, 11) is 0. The molecule has 1 nitrogen and oxygen atoms in total. The van der Waals surface area contributed by atoms with Gasteiger partial charge in [-0.05, 0) is 20.8 Å². The van der Waals surface area contributed by atoms with Gasteiger partial charge in [0.1, 0.15) is 0 Å². The highest BCUT2D eigenvalue weighted by molar-refractivity contribution is 6.29. The van der Waals surface area contributed by atoms with Crippen molar-refractivity contribution in [3.8, 4) is 0 Å². The van der Waals surface area contributed by atoms with E-state index >= 15 is 0 Å². The van der Waals surface area contributed by atoms with Gasteiger partial charge in [-0.1, -0.05) is 17.7 Å². The third-order valence-electron chi connectivity index (χ3n) is 1.30. The lowest BCUT2D eigenvalue weighted by Crippen LogP contribution is -2.18. The Morgan fingerprint density at radius 2 is 1.89 bits per heavy atom. The van der Waals surface area contributed by atoms with Crippen molar-refractivity contribution in [1.29, 1.82) is 0 Å². The molecule has 0 aliphatic rings. The molecule has 0 aromatic heterocycles. The molecule has 9 heavy (non-hydrogen) atoms. The highest BCUT2D eigenvalue weighted by Gasteiger charge is 1.97. The monoisotopic (exact) mass is 147 g/mol. The van der Waals surface area contributed by atoms with Crippen molar-refractivity contribution in [3.05, 3.63) is 11.2 Å². The van der Waals surface area contributed by atoms with E-state index in [0.717, 1.165) is 18.2 Å². The third kappa shape index (κ3) is 2.75. The van der Waals surface area contributed by atoms with E-state index in [1.165, 1.54) is 0 Å². The van der Waals surface area contributed by atoms with Gasteiger partial charge in [0.25, 0.3) is 0 Å². The van der Waals surface area contributed by atoms with Crippen LogP contribution in [0.1, 0.15) is 20.8 Å². The maximum atomic E-state index is 5.82. The number of halogens is 1. The highest BCUT2D eigenvalue weighted by Crippen LogP contribution is 2.06. The van der Waals surface area contributed by atoms with Gasteiger partial charge in [-0.2, -0.15) is 0 Å². The van der Waals surface area contributed by atoms with Gasteiger partial charge in [-0.3, -0.25) is 0 Å². The molecule has 0 aliphatic heterocycles. The second-order valence-corrected chi connectivity index (χ2v) is 2.17. The molecule has 0 saturated carbocycles. The van der Waals surface area contributed by atoms with E-state index in [2.05, 4.69) is 18.7 Å². The summed E-state index contributed by atoms with van der Waals surface area (Å²) >= 11 is 5.82. The van der Waals surface area contributed by atoms with Gasteiger partial charge in [0.2, 0.25) is 0 Å². The smallest absolute Gasteiger partial charge is 0.1000 e. The van der Waals surface area contributed by atoms with Crippen molar-refractivity contribution in [2.24, 2.45) is 0 Å². The lowest BCUT2D eigenvalue weighted by atomic mass is 10.5. The standard InChI is InChI=1S/C7H14ClN/c1-4-7(8)9(5-2)6-3/h4H,5-6H2,1-3H3/b7-4+. The molecule has 0 aromatic rings. The molecule has 0 spiro atoms. The molecule has 2 heteroatoms. The summed E-state index contributed by atoms with van der Waals surface area (Å²) in [6.45, 7) is 8.10. The zero-order chi connectivity index (χ0) is 7.28. The van der Waals surface area contributed by atoms with Gasteiger partial charge >= 0.3 is 0 Å². The third-order valence-corrected chi connectivity index (χ3v) is 1.76. The highest BCUT2D eigenvalue weighted by atomic mass is 35.5. The predicted octanol–water partition coefficient (Wildman–Crippen LogP) is 2.43. The molecule has 0 bridgehead atoms. The second kappa shape index (κ2) is 4.68. The minimum Gasteiger partial charge on any atom is -0.363 e. The summed E-state index contributed by atoms with van der Waals surface area (Å²) < 4.78 is 0. The fourth-order valence-corrected chi connectivity index (χ4v) is 0.947. The van der Waals surface area contributed by atoms with Crippen LogP contribution in [-0.2, 0) is 0 Å². The summed E-state index contributed by atoms with van der Waals surface area (Å²) in [5.74, 6) is 0. The Hall–Kier alpha value is -0.170. The molecule has 0 radical (unpaired) electrons. The summed E-state index contributed by atoms with van der Waals surface area (Å²) in [6.07, 6.45) is 1.91. The van der Waals surface area contributed by atoms with Crippen molar-refractivity contribution in [3.63, 3.8) is 0 Å². The molecule has 0 rings (SSSR count). The minimum absolute atomic E-state index is 0.847. The summed E-state index contributed by atoms with van der Waals surface area (Å²) in [4.78, 5) is 2.10. The molecular formula is C7H14ClN. The largest absolute Gasteiger partial charge is 0.363 e. The maximum Gasteiger partial charge on any atom is 0.1000 e. The molecule has 0 aromatic carbocycles. The molecule has 0 saturated heterocycles. The zero-order valence-corrected chi connectivity index (χ0v) is 7.07. The SMILES string of the molecule is C/C=C(\Cl)N(CC)CC. The number of hydrogen-bond acceptors (Lipinski definition) is 1. The maximum absolute atomic E-state index is 5.82. The van der Waals surface area contributed by atoms with Crippen LogP contribution in [0.25, 0.3) is 0 Å². The average Bonchev–Trinajstić information content (AvgIpc) is 1.90. The fourth-order valence-electron chi connectivity index (χ4n) is 0.708.